The summed E-state index contributed by atoms with van der Waals surface area (Å²) in [6.45, 7) is 0. The second-order valence-electron chi connectivity index (χ2n) is 22.4. The van der Waals surface area contributed by atoms with Crippen LogP contribution in [-0.4, -0.2) is 0 Å². The predicted octanol–water partition coefficient (Wildman–Crippen LogP) is 22.7. The molecular formula is C80H44. The van der Waals surface area contributed by atoms with Crippen molar-refractivity contribution in [1.82, 2.24) is 0 Å². The van der Waals surface area contributed by atoms with Gasteiger partial charge in [-0.3, -0.25) is 0 Å². The Morgan fingerprint density at radius 3 is 1.00 bits per heavy atom. The van der Waals surface area contributed by atoms with E-state index >= 15 is 0 Å². The largest absolute Gasteiger partial charge is 0.0622 e. The van der Waals surface area contributed by atoms with Crippen molar-refractivity contribution in [2.75, 3.05) is 0 Å². The van der Waals surface area contributed by atoms with Crippen molar-refractivity contribution in [2.45, 2.75) is 0 Å². The van der Waals surface area contributed by atoms with Gasteiger partial charge in [0.25, 0.3) is 0 Å². The Labute approximate surface area is 460 Å². The maximum absolute atomic E-state index is 2.54. The highest BCUT2D eigenvalue weighted by Gasteiger charge is 2.33. The highest BCUT2D eigenvalue weighted by Crippen LogP contribution is 2.61. The van der Waals surface area contributed by atoms with Crippen LogP contribution < -0.4 is 0 Å². The minimum absolute atomic E-state index is 1.22. The van der Waals surface area contributed by atoms with E-state index in [0.29, 0.717) is 0 Å². The zero-order valence-corrected chi connectivity index (χ0v) is 43.4. The molecule has 18 aromatic carbocycles. The fourth-order valence-electron chi connectivity index (χ4n) is 15.5. The normalized spacial score (nSPS) is 12.5. The van der Waals surface area contributed by atoms with E-state index in [0.717, 1.165) is 0 Å². The summed E-state index contributed by atoms with van der Waals surface area (Å²) < 4.78 is 0. The van der Waals surface area contributed by atoms with Gasteiger partial charge in [-0.15, -0.1) is 0 Å². The molecular weight excluding hydrogens is 961 g/mol. The second-order valence-corrected chi connectivity index (χ2v) is 22.4. The van der Waals surface area contributed by atoms with Gasteiger partial charge in [-0.05, 0) is 215 Å². The van der Waals surface area contributed by atoms with E-state index in [1.807, 2.05) is 0 Å². The molecule has 1 aliphatic carbocycles. The first-order valence-electron chi connectivity index (χ1n) is 28.1. The standard InChI is InChI=1S/C80H44/c1-5-18-45(19-6-1)50-28-15-29-51(42-50)72-53-31-14-13-30-52(53)69(47-20-7-2-8-21-47)77-60-38-34-56-57-35-39-61-76-62(40-36-58(74(57)76)59-37-41-63(80(72)77)75(60)73(56)59)79-71(49-24-11-4-12-25-49)67-44-65-55-33-17-27-46-26-16-32-54(68(46)55)64(65)43-66(67)70(78(61)79)48-22-9-3-10-23-48/h1-44H. The number of fused-ring (bicyclic) bond motifs is 13. The Morgan fingerprint density at radius 2 is 0.487 bits per heavy atom. The highest BCUT2D eigenvalue weighted by atomic mass is 14.4. The van der Waals surface area contributed by atoms with Gasteiger partial charge in [0.15, 0.2) is 0 Å². The lowest BCUT2D eigenvalue weighted by Gasteiger charge is -2.20. The molecule has 0 aliphatic heterocycles. The van der Waals surface area contributed by atoms with Gasteiger partial charge >= 0.3 is 0 Å². The third-order valence-electron chi connectivity index (χ3n) is 18.6. The molecule has 18 aromatic rings. The van der Waals surface area contributed by atoms with Crippen LogP contribution in [0.5, 0.6) is 0 Å². The maximum atomic E-state index is 2.54. The topological polar surface area (TPSA) is 0 Å². The third kappa shape index (κ3) is 5.45. The monoisotopic (exact) mass is 1000 g/mol. The molecule has 0 unspecified atom stereocenters. The lowest BCUT2D eigenvalue weighted by atomic mass is 9.82. The molecule has 19 rings (SSSR count). The summed E-state index contributed by atoms with van der Waals surface area (Å²) in [4.78, 5) is 0. The van der Waals surface area contributed by atoms with E-state index in [2.05, 4.69) is 267 Å². The Bertz CT molecular complexity index is 5460. The van der Waals surface area contributed by atoms with E-state index in [1.165, 1.54) is 196 Å². The Hall–Kier alpha value is -10.4. The average Bonchev–Trinajstić information content (AvgIpc) is 3.73. The molecule has 0 heterocycles. The van der Waals surface area contributed by atoms with Gasteiger partial charge in [-0.1, -0.05) is 249 Å². The van der Waals surface area contributed by atoms with E-state index in [9.17, 15) is 0 Å². The number of hydrogen-bond acceptors (Lipinski definition) is 0. The van der Waals surface area contributed by atoms with Crippen molar-refractivity contribution < 1.29 is 0 Å². The summed E-state index contributed by atoms with van der Waals surface area (Å²) in [6, 6.07) is 101. The zero-order chi connectivity index (χ0) is 51.9. The molecule has 0 saturated heterocycles. The van der Waals surface area contributed by atoms with E-state index < -0.39 is 0 Å². The van der Waals surface area contributed by atoms with Crippen LogP contribution in [0.1, 0.15) is 0 Å². The summed E-state index contributed by atoms with van der Waals surface area (Å²) in [5, 5.41) is 28.9. The minimum Gasteiger partial charge on any atom is -0.0622 e. The molecule has 0 saturated carbocycles. The van der Waals surface area contributed by atoms with Crippen LogP contribution in [0, 0.1) is 0 Å². The van der Waals surface area contributed by atoms with Crippen LogP contribution in [0.4, 0.5) is 0 Å². The summed E-state index contributed by atoms with van der Waals surface area (Å²) in [5.41, 5.74) is 17.8. The van der Waals surface area contributed by atoms with Crippen molar-refractivity contribution in [2.24, 2.45) is 0 Å². The molecule has 0 N–H and O–H groups in total. The van der Waals surface area contributed by atoms with Crippen molar-refractivity contribution in [3.8, 4) is 77.9 Å². The van der Waals surface area contributed by atoms with Crippen molar-refractivity contribution in [3.63, 3.8) is 0 Å². The van der Waals surface area contributed by atoms with Gasteiger partial charge in [-0.25, -0.2) is 0 Å². The summed E-state index contributed by atoms with van der Waals surface area (Å²) >= 11 is 0. The van der Waals surface area contributed by atoms with Crippen LogP contribution in [0.3, 0.4) is 0 Å². The van der Waals surface area contributed by atoms with Crippen molar-refractivity contribution in [1.29, 1.82) is 0 Å². The molecule has 0 amide bonds. The Balaban J connectivity index is 0.952. The maximum Gasteiger partial charge on any atom is -0.000740 e. The minimum atomic E-state index is 1.22. The second kappa shape index (κ2) is 15.6. The quantitative estimate of drug-likeness (QED) is 0.119. The first-order chi connectivity index (χ1) is 39.7. The number of hydrogen-bond donors (Lipinski definition) is 0. The van der Waals surface area contributed by atoms with Crippen LogP contribution in [0.15, 0.2) is 267 Å². The van der Waals surface area contributed by atoms with Crippen LogP contribution >= 0.6 is 0 Å². The van der Waals surface area contributed by atoms with Gasteiger partial charge in [0.1, 0.15) is 0 Å². The molecule has 0 fully saturated rings. The molecule has 80 heavy (non-hydrogen) atoms. The van der Waals surface area contributed by atoms with Crippen LogP contribution in [0.2, 0.25) is 0 Å². The lowest BCUT2D eigenvalue weighted by molar-refractivity contribution is 1.60. The Morgan fingerprint density at radius 1 is 0.138 bits per heavy atom. The molecule has 0 aromatic heterocycles. The van der Waals surface area contributed by atoms with Crippen LogP contribution in [0.25, 0.3) is 196 Å². The molecule has 0 atom stereocenters. The first kappa shape index (κ1) is 42.7. The van der Waals surface area contributed by atoms with Gasteiger partial charge < -0.3 is 0 Å². The molecule has 0 radical (unpaired) electrons. The average molecular weight is 1010 g/mol. The molecule has 0 heteroatoms. The van der Waals surface area contributed by atoms with E-state index in [-0.39, 0.29) is 0 Å². The van der Waals surface area contributed by atoms with Gasteiger partial charge in [0, 0.05) is 0 Å². The van der Waals surface area contributed by atoms with E-state index in [1.54, 1.807) is 0 Å². The molecule has 364 valence electrons. The number of rotatable bonds is 5. The SMILES string of the molecule is c1ccc(-c2cccc(-c3c4c(c(-c5ccccc5)c5ccccc35)-c3ccc5c6ccc7c8c(-c9ccccc9)c9cc%10c(cc9c(-c9ccccc9)c8c8ccc(c9ccc-4c3c59)c6c78)c3cccc4cccc%10c43)c2)cc1. The number of benzene rings is 16. The zero-order valence-electron chi connectivity index (χ0n) is 43.4. The summed E-state index contributed by atoms with van der Waals surface area (Å²) in [7, 11) is 0. The highest BCUT2D eigenvalue weighted by molar-refractivity contribution is 6.48. The lowest BCUT2D eigenvalue weighted by Crippen LogP contribution is -1.93. The van der Waals surface area contributed by atoms with Gasteiger partial charge in [0.05, 0.1) is 0 Å². The fourth-order valence-corrected chi connectivity index (χ4v) is 15.5. The van der Waals surface area contributed by atoms with Gasteiger partial charge in [-0.2, -0.15) is 0 Å². The van der Waals surface area contributed by atoms with Crippen molar-refractivity contribution >= 4 is 118 Å². The summed E-state index contributed by atoms with van der Waals surface area (Å²) in [6.07, 6.45) is 0. The molecule has 0 nitrogen and oxygen atoms in total. The molecule has 0 bridgehead atoms. The fraction of sp³-hybridized carbons (Fsp3) is 0. The third-order valence-corrected chi connectivity index (χ3v) is 18.6. The summed E-state index contributed by atoms with van der Waals surface area (Å²) in [5.74, 6) is 0. The molecule has 1 aliphatic rings. The smallest absolute Gasteiger partial charge is 0.000740 e. The van der Waals surface area contributed by atoms with Crippen LogP contribution in [-0.2, 0) is 0 Å². The predicted molar refractivity (Wildman–Crippen MR) is 344 cm³/mol. The van der Waals surface area contributed by atoms with Crippen molar-refractivity contribution in [3.05, 3.63) is 267 Å². The molecule has 0 spiro atoms. The first-order valence-corrected chi connectivity index (χ1v) is 28.1. The van der Waals surface area contributed by atoms with Gasteiger partial charge in [0.2, 0.25) is 0 Å². The van der Waals surface area contributed by atoms with E-state index in [4.69, 9.17) is 0 Å². The Kier molecular flexibility index (Phi) is 8.34.